The van der Waals surface area contributed by atoms with Crippen molar-refractivity contribution < 1.29 is 9.47 Å². The van der Waals surface area contributed by atoms with E-state index in [4.69, 9.17) is 20.3 Å². The average molecular weight is 285 g/mol. The number of nitrogens with one attached hydrogen (secondary N) is 1. The van der Waals surface area contributed by atoms with E-state index in [1.807, 2.05) is 12.1 Å². The minimum atomic E-state index is 0.586. The van der Waals surface area contributed by atoms with Gasteiger partial charge in [0.15, 0.2) is 11.5 Å². The molecule has 1 aliphatic carbocycles. The smallest absolute Gasteiger partial charge is 0.163 e. The van der Waals surface area contributed by atoms with Gasteiger partial charge in [-0.1, -0.05) is 6.42 Å². The number of hydrazine groups is 1. The lowest BCUT2D eigenvalue weighted by Crippen LogP contribution is -2.16. The van der Waals surface area contributed by atoms with Crippen LogP contribution >= 0.6 is 0 Å². The van der Waals surface area contributed by atoms with E-state index in [2.05, 4.69) is 5.43 Å². The molecule has 0 saturated carbocycles. The predicted octanol–water partition coefficient (Wildman–Crippen LogP) is 2.56. The Morgan fingerprint density at radius 1 is 1.00 bits per heavy atom. The molecular formula is C16H19N3O2. The van der Waals surface area contributed by atoms with Crippen molar-refractivity contribution in [1.29, 1.82) is 0 Å². The zero-order valence-electron chi connectivity index (χ0n) is 11.9. The highest BCUT2D eigenvalue weighted by Gasteiger charge is 2.20. The Bertz CT molecular complexity index is 700. The molecule has 2 aliphatic rings. The maximum absolute atomic E-state index is 5.82. The van der Waals surface area contributed by atoms with Crippen molar-refractivity contribution in [2.45, 2.75) is 32.1 Å². The minimum absolute atomic E-state index is 0.586. The standard InChI is InChI=1S/C16H19N3O2/c17-19-16-10-4-2-1-3-5-12(10)18-13-9-15-14(8-11(13)16)20-6-7-21-15/h8-9H,1-7,17H2,(H,18,19). The molecule has 0 unspecified atom stereocenters. The first kappa shape index (κ1) is 12.7. The van der Waals surface area contributed by atoms with Gasteiger partial charge in [-0.15, -0.1) is 0 Å². The van der Waals surface area contributed by atoms with E-state index in [9.17, 15) is 0 Å². The average Bonchev–Trinajstić information content (AvgIpc) is 2.75. The zero-order chi connectivity index (χ0) is 14.2. The number of benzene rings is 1. The molecular weight excluding hydrogens is 266 g/mol. The molecule has 0 radical (unpaired) electrons. The van der Waals surface area contributed by atoms with Gasteiger partial charge < -0.3 is 14.9 Å². The number of aryl methyl sites for hydroxylation is 1. The lowest BCUT2D eigenvalue weighted by molar-refractivity contribution is 0.172. The predicted molar refractivity (Wildman–Crippen MR) is 81.8 cm³/mol. The Morgan fingerprint density at radius 3 is 2.57 bits per heavy atom. The fraction of sp³-hybridized carbons (Fsp3) is 0.438. The van der Waals surface area contributed by atoms with Crippen molar-refractivity contribution in [2.75, 3.05) is 18.6 Å². The van der Waals surface area contributed by atoms with E-state index >= 15 is 0 Å². The zero-order valence-corrected chi connectivity index (χ0v) is 11.9. The van der Waals surface area contributed by atoms with Crippen molar-refractivity contribution >= 4 is 16.6 Å². The van der Waals surface area contributed by atoms with Crippen LogP contribution < -0.4 is 20.7 Å². The van der Waals surface area contributed by atoms with Crippen LogP contribution in [0.4, 0.5) is 5.69 Å². The molecule has 0 spiro atoms. The molecule has 1 aliphatic heterocycles. The lowest BCUT2D eigenvalue weighted by atomic mass is 10.0. The lowest BCUT2D eigenvalue weighted by Gasteiger charge is -2.21. The number of ether oxygens (including phenoxy) is 2. The van der Waals surface area contributed by atoms with Gasteiger partial charge in [0.05, 0.1) is 11.2 Å². The van der Waals surface area contributed by atoms with E-state index in [0.717, 1.165) is 40.9 Å². The molecule has 5 heteroatoms. The summed E-state index contributed by atoms with van der Waals surface area (Å²) in [6.45, 7) is 1.17. The second-order valence-electron chi connectivity index (χ2n) is 5.63. The van der Waals surface area contributed by atoms with Gasteiger partial charge in [0.25, 0.3) is 0 Å². The van der Waals surface area contributed by atoms with Crippen molar-refractivity contribution in [1.82, 2.24) is 4.98 Å². The van der Waals surface area contributed by atoms with Gasteiger partial charge in [0, 0.05) is 17.1 Å². The summed E-state index contributed by atoms with van der Waals surface area (Å²) in [5, 5.41) is 1.02. The van der Waals surface area contributed by atoms with E-state index in [1.54, 1.807) is 0 Å². The number of rotatable bonds is 1. The van der Waals surface area contributed by atoms with Crippen LogP contribution in [0.2, 0.25) is 0 Å². The van der Waals surface area contributed by atoms with Crippen LogP contribution in [-0.4, -0.2) is 18.2 Å². The molecule has 110 valence electrons. The number of nitrogen functional groups attached to an aromatic ring is 1. The third kappa shape index (κ3) is 2.08. The van der Waals surface area contributed by atoms with Gasteiger partial charge in [-0.05, 0) is 37.3 Å². The Labute approximate surface area is 123 Å². The molecule has 1 aromatic carbocycles. The normalized spacial score (nSPS) is 17.2. The summed E-state index contributed by atoms with van der Waals surface area (Å²) in [5.41, 5.74) is 7.25. The first-order valence-corrected chi connectivity index (χ1v) is 7.58. The minimum Gasteiger partial charge on any atom is -0.486 e. The Morgan fingerprint density at radius 2 is 1.76 bits per heavy atom. The summed E-state index contributed by atoms with van der Waals surface area (Å²) in [6.07, 6.45) is 5.69. The number of nitrogens with two attached hydrogens (primary N) is 1. The summed E-state index contributed by atoms with van der Waals surface area (Å²) in [6, 6.07) is 3.97. The van der Waals surface area contributed by atoms with E-state index in [0.29, 0.717) is 13.2 Å². The van der Waals surface area contributed by atoms with Crippen LogP contribution in [0.15, 0.2) is 12.1 Å². The first-order valence-electron chi connectivity index (χ1n) is 7.58. The van der Waals surface area contributed by atoms with E-state index in [1.165, 1.54) is 30.5 Å². The molecule has 1 aromatic heterocycles. The molecule has 0 saturated heterocycles. The number of aromatic nitrogens is 1. The highest BCUT2D eigenvalue weighted by Crippen LogP contribution is 2.39. The second-order valence-corrected chi connectivity index (χ2v) is 5.63. The van der Waals surface area contributed by atoms with E-state index in [-0.39, 0.29) is 0 Å². The van der Waals surface area contributed by atoms with Crippen LogP contribution in [0, 0.1) is 0 Å². The van der Waals surface area contributed by atoms with Gasteiger partial charge in [-0.2, -0.15) is 0 Å². The van der Waals surface area contributed by atoms with Gasteiger partial charge in [-0.25, -0.2) is 0 Å². The Hall–Kier alpha value is -2.01. The van der Waals surface area contributed by atoms with Crippen molar-refractivity contribution in [3.8, 4) is 11.5 Å². The molecule has 0 amide bonds. The van der Waals surface area contributed by atoms with Gasteiger partial charge in [0.1, 0.15) is 13.2 Å². The molecule has 2 heterocycles. The first-order chi connectivity index (χ1) is 10.4. The monoisotopic (exact) mass is 285 g/mol. The SMILES string of the molecule is NNc1c2c(nc3cc4c(cc13)OCCO4)CCCCC2. The van der Waals surface area contributed by atoms with Crippen LogP contribution in [-0.2, 0) is 12.8 Å². The molecule has 0 bridgehead atoms. The number of nitrogens with zero attached hydrogens (tertiary/aromatic N) is 1. The Kier molecular flexibility index (Phi) is 3.07. The maximum Gasteiger partial charge on any atom is 0.163 e. The molecule has 0 atom stereocenters. The van der Waals surface area contributed by atoms with Crippen molar-refractivity contribution in [2.24, 2.45) is 5.84 Å². The molecule has 3 N–H and O–H groups in total. The second kappa shape index (κ2) is 5.07. The summed E-state index contributed by atoms with van der Waals surface area (Å²) < 4.78 is 11.3. The maximum atomic E-state index is 5.82. The van der Waals surface area contributed by atoms with Gasteiger partial charge in [0.2, 0.25) is 0 Å². The molecule has 2 aromatic rings. The highest BCUT2D eigenvalue weighted by atomic mass is 16.6. The highest BCUT2D eigenvalue weighted by molar-refractivity contribution is 5.95. The largest absolute Gasteiger partial charge is 0.486 e. The van der Waals surface area contributed by atoms with Crippen LogP contribution in [0.5, 0.6) is 11.5 Å². The topological polar surface area (TPSA) is 69.4 Å². The Balaban J connectivity index is 1.98. The number of hydrogen-bond donors (Lipinski definition) is 2. The molecule has 4 rings (SSSR count). The number of pyridine rings is 1. The van der Waals surface area contributed by atoms with Crippen LogP contribution in [0.1, 0.15) is 30.5 Å². The number of fused-ring (bicyclic) bond motifs is 3. The summed E-state index contributed by atoms with van der Waals surface area (Å²) in [4.78, 5) is 4.86. The van der Waals surface area contributed by atoms with Crippen molar-refractivity contribution in [3.63, 3.8) is 0 Å². The molecule has 21 heavy (non-hydrogen) atoms. The summed E-state index contributed by atoms with van der Waals surface area (Å²) >= 11 is 0. The fourth-order valence-electron chi connectivity index (χ4n) is 3.30. The van der Waals surface area contributed by atoms with Gasteiger partial charge in [-0.3, -0.25) is 10.8 Å². The van der Waals surface area contributed by atoms with Crippen LogP contribution in [0.25, 0.3) is 10.9 Å². The number of hydrogen-bond acceptors (Lipinski definition) is 5. The molecule has 0 fully saturated rings. The summed E-state index contributed by atoms with van der Waals surface area (Å²) in [5.74, 6) is 7.37. The third-order valence-corrected chi connectivity index (χ3v) is 4.32. The third-order valence-electron chi connectivity index (χ3n) is 4.32. The van der Waals surface area contributed by atoms with Gasteiger partial charge >= 0.3 is 0 Å². The van der Waals surface area contributed by atoms with Crippen LogP contribution in [0.3, 0.4) is 0 Å². The van der Waals surface area contributed by atoms with E-state index < -0.39 is 0 Å². The number of anilines is 1. The fourth-order valence-corrected chi connectivity index (χ4v) is 3.30. The van der Waals surface area contributed by atoms with Crippen molar-refractivity contribution in [3.05, 3.63) is 23.4 Å². The summed E-state index contributed by atoms with van der Waals surface area (Å²) in [7, 11) is 0. The molecule has 5 nitrogen and oxygen atoms in total. The quantitative estimate of drug-likeness (QED) is 0.479.